The summed E-state index contributed by atoms with van der Waals surface area (Å²) in [7, 11) is 0. The van der Waals surface area contributed by atoms with Crippen molar-refractivity contribution < 1.29 is 19.4 Å². The molecule has 0 aromatic carbocycles. The average Bonchev–Trinajstić information content (AvgIpc) is 3.12. The first-order valence-corrected chi connectivity index (χ1v) is 7.38. The molecule has 1 N–H and O–H groups in total. The van der Waals surface area contributed by atoms with Crippen LogP contribution in [0.4, 0.5) is 0 Å². The number of likely N-dealkylation sites (tertiary alicyclic amines) is 1. The van der Waals surface area contributed by atoms with E-state index in [-0.39, 0.29) is 12.0 Å². The van der Waals surface area contributed by atoms with Crippen LogP contribution in [0.15, 0.2) is 12.3 Å². The third-order valence-electron chi connectivity index (χ3n) is 3.67. The van der Waals surface area contributed by atoms with Crippen LogP contribution < -0.4 is 4.74 Å². The van der Waals surface area contributed by atoms with Crippen LogP contribution in [0.1, 0.15) is 23.2 Å². The lowest BCUT2D eigenvalue weighted by Crippen LogP contribution is -2.29. The molecule has 1 aromatic heterocycles. The van der Waals surface area contributed by atoms with Crippen molar-refractivity contribution in [2.45, 2.75) is 25.0 Å². The summed E-state index contributed by atoms with van der Waals surface area (Å²) in [5.41, 5.74) is 0.407. The molecule has 3 rings (SSSR count). The summed E-state index contributed by atoms with van der Waals surface area (Å²) in [6.45, 7) is 2.11. The molecule has 6 nitrogen and oxygen atoms in total. The lowest BCUT2D eigenvalue weighted by Gasteiger charge is -2.16. The van der Waals surface area contributed by atoms with E-state index in [1.165, 1.54) is 6.20 Å². The zero-order chi connectivity index (χ0) is 14.8. The van der Waals surface area contributed by atoms with E-state index in [0.29, 0.717) is 49.2 Å². The Balaban J connectivity index is 1.69. The summed E-state index contributed by atoms with van der Waals surface area (Å²) >= 11 is 6.14. The Kier molecular flexibility index (Phi) is 4.28. The molecule has 0 radical (unpaired) electrons. The number of hydrogen-bond acceptors (Lipinski definition) is 5. The third-order valence-corrected chi connectivity index (χ3v) is 3.94. The highest BCUT2D eigenvalue weighted by molar-refractivity contribution is 6.32. The van der Waals surface area contributed by atoms with Crippen molar-refractivity contribution in [3.05, 3.63) is 22.8 Å². The summed E-state index contributed by atoms with van der Waals surface area (Å²) in [6, 6.07) is 1.56. The van der Waals surface area contributed by atoms with Gasteiger partial charge in [0.25, 0.3) is 5.91 Å². The van der Waals surface area contributed by atoms with E-state index in [1.54, 1.807) is 11.0 Å². The maximum atomic E-state index is 12.3. The van der Waals surface area contributed by atoms with Crippen LogP contribution in [0.5, 0.6) is 5.88 Å². The molecule has 2 unspecified atom stereocenters. The molecule has 0 aliphatic carbocycles. The lowest BCUT2D eigenvalue weighted by atomic mass is 10.2. The number of aliphatic hydroxyl groups excluding tert-OH is 1. The van der Waals surface area contributed by atoms with Gasteiger partial charge in [0.2, 0.25) is 5.88 Å². The van der Waals surface area contributed by atoms with Crippen LogP contribution in [0.3, 0.4) is 0 Å². The van der Waals surface area contributed by atoms with Gasteiger partial charge in [-0.05, 0) is 12.5 Å². The topological polar surface area (TPSA) is 71.9 Å². The van der Waals surface area contributed by atoms with E-state index >= 15 is 0 Å². The maximum absolute atomic E-state index is 12.3. The number of hydrogen-bond donors (Lipinski definition) is 1. The van der Waals surface area contributed by atoms with Crippen molar-refractivity contribution in [2.24, 2.45) is 0 Å². The average molecular weight is 313 g/mol. The third kappa shape index (κ3) is 3.28. The highest BCUT2D eigenvalue weighted by Gasteiger charge is 2.26. The number of aliphatic hydroxyl groups is 1. The number of ether oxygens (including phenoxy) is 2. The molecule has 3 heterocycles. The van der Waals surface area contributed by atoms with Gasteiger partial charge >= 0.3 is 0 Å². The Morgan fingerprint density at radius 1 is 1.52 bits per heavy atom. The van der Waals surface area contributed by atoms with Gasteiger partial charge in [0.15, 0.2) is 0 Å². The molecule has 2 atom stereocenters. The Bertz CT molecular complexity index is 534. The van der Waals surface area contributed by atoms with E-state index in [1.807, 2.05) is 0 Å². The monoisotopic (exact) mass is 312 g/mol. The van der Waals surface area contributed by atoms with Gasteiger partial charge in [-0.25, -0.2) is 4.98 Å². The van der Waals surface area contributed by atoms with Gasteiger partial charge < -0.3 is 19.5 Å². The molecule has 1 amide bonds. The van der Waals surface area contributed by atoms with E-state index in [2.05, 4.69) is 4.98 Å². The Morgan fingerprint density at radius 3 is 3.00 bits per heavy atom. The van der Waals surface area contributed by atoms with Crippen LogP contribution in [-0.4, -0.2) is 59.4 Å². The Morgan fingerprint density at radius 2 is 2.38 bits per heavy atom. The van der Waals surface area contributed by atoms with Crippen molar-refractivity contribution in [3.8, 4) is 5.88 Å². The first-order valence-electron chi connectivity index (χ1n) is 7.01. The highest BCUT2D eigenvalue weighted by atomic mass is 35.5. The van der Waals surface area contributed by atoms with Crippen LogP contribution in [-0.2, 0) is 4.74 Å². The zero-order valence-electron chi connectivity index (χ0n) is 11.5. The smallest absolute Gasteiger partial charge is 0.255 e. The van der Waals surface area contributed by atoms with Gasteiger partial charge in [-0.2, -0.15) is 0 Å². The molecule has 114 valence electrons. The number of aromatic nitrogens is 1. The van der Waals surface area contributed by atoms with Crippen LogP contribution in [0.25, 0.3) is 0 Å². The maximum Gasteiger partial charge on any atom is 0.255 e. The number of amides is 1. The molecule has 0 saturated carbocycles. The van der Waals surface area contributed by atoms with E-state index in [9.17, 15) is 9.90 Å². The van der Waals surface area contributed by atoms with Crippen LogP contribution >= 0.6 is 11.6 Å². The Labute approximate surface area is 127 Å². The predicted molar refractivity (Wildman–Crippen MR) is 75.6 cm³/mol. The number of β-amino-alcohol motifs (C(OH)–C–C–N with tert-alkyl or cyclic N) is 1. The summed E-state index contributed by atoms with van der Waals surface area (Å²) in [5, 5.41) is 9.80. The predicted octanol–water partition coefficient (Wildman–Crippen LogP) is 1.11. The van der Waals surface area contributed by atoms with Crippen molar-refractivity contribution in [2.75, 3.05) is 26.3 Å². The Hall–Kier alpha value is -1.37. The summed E-state index contributed by atoms with van der Waals surface area (Å²) < 4.78 is 10.9. The second kappa shape index (κ2) is 6.17. The van der Waals surface area contributed by atoms with Gasteiger partial charge in [-0.15, -0.1) is 0 Å². The van der Waals surface area contributed by atoms with Crippen LogP contribution in [0.2, 0.25) is 5.02 Å². The number of carbonyl (C=O) groups excluding carboxylic acids is 1. The van der Waals surface area contributed by atoms with Crippen molar-refractivity contribution in [3.63, 3.8) is 0 Å². The molecular weight excluding hydrogens is 296 g/mol. The second-order valence-corrected chi connectivity index (χ2v) is 5.72. The van der Waals surface area contributed by atoms with Gasteiger partial charge in [0, 0.05) is 25.7 Å². The number of halogens is 1. The van der Waals surface area contributed by atoms with Gasteiger partial charge in [-0.3, -0.25) is 4.79 Å². The van der Waals surface area contributed by atoms with Crippen molar-refractivity contribution in [1.82, 2.24) is 9.88 Å². The standard InChI is InChI=1S/C14H17ClN2O4/c15-12-5-9(14(19)17-3-1-10(18)7-17)6-16-13(12)21-11-2-4-20-8-11/h5-6,10-11,18H,1-4,7-8H2. The number of rotatable bonds is 3. The zero-order valence-corrected chi connectivity index (χ0v) is 12.3. The normalized spacial score (nSPS) is 25.3. The molecular formula is C14H17ClN2O4. The highest BCUT2D eigenvalue weighted by Crippen LogP contribution is 2.26. The fourth-order valence-electron chi connectivity index (χ4n) is 2.50. The quantitative estimate of drug-likeness (QED) is 0.905. The second-order valence-electron chi connectivity index (χ2n) is 5.31. The first kappa shape index (κ1) is 14.6. The number of pyridine rings is 1. The SMILES string of the molecule is O=C(c1cnc(OC2CCOC2)c(Cl)c1)N1CCC(O)C1. The van der Waals surface area contributed by atoms with Crippen molar-refractivity contribution >= 4 is 17.5 Å². The number of nitrogens with zero attached hydrogens (tertiary/aromatic N) is 2. The number of carbonyl (C=O) groups is 1. The molecule has 0 bridgehead atoms. The minimum absolute atomic E-state index is 0.0368. The summed E-state index contributed by atoms with van der Waals surface area (Å²) in [4.78, 5) is 18.0. The summed E-state index contributed by atoms with van der Waals surface area (Å²) in [6.07, 6.45) is 2.40. The minimum atomic E-state index is -0.442. The largest absolute Gasteiger partial charge is 0.471 e. The molecule has 21 heavy (non-hydrogen) atoms. The fourth-order valence-corrected chi connectivity index (χ4v) is 2.71. The molecule has 0 spiro atoms. The molecule has 1 aromatic rings. The molecule has 2 saturated heterocycles. The van der Waals surface area contributed by atoms with Crippen molar-refractivity contribution in [1.29, 1.82) is 0 Å². The molecule has 7 heteroatoms. The molecule has 2 fully saturated rings. The summed E-state index contributed by atoms with van der Waals surface area (Å²) in [5.74, 6) is 0.155. The van der Waals surface area contributed by atoms with E-state index < -0.39 is 6.10 Å². The molecule has 2 aliphatic rings. The van der Waals surface area contributed by atoms with Crippen LogP contribution in [0, 0.1) is 0 Å². The van der Waals surface area contributed by atoms with E-state index in [4.69, 9.17) is 21.1 Å². The fraction of sp³-hybridized carbons (Fsp3) is 0.571. The minimum Gasteiger partial charge on any atom is -0.471 e. The van der Waals surface area contributed by atoms with Gasteiger partial charge in [-0.1, -0.05) is 11.6 Å². The first-order chi connectivity index (χ1) is 10.1. The molecule has 2 aliphatic heterocycles. The van der Waals surface area contributed by atoms with E-state index in [0.717, 1.165) is 6.42 Å². The van der Waals surface area contributed by atoms with Gasteiger partial charge in [0.05, 0.1) is 24.9 Å². The lowest BCUT2D eigenvalue weighted by molar-refractivity contribution is 0.0764. The van der Waals surface area contributed by atoms with Gasteiger partial charge in [0.1, 0.15) is 11.1 Å².